The van der Waals surface area contributed by atoms with Crippen LogP contribution in [0.3, 0.4) is 0 Å². The topological polar surface area (TPSA) is 82.2 Å². The van der Waals surface area contributed by atoms with Gasteiger partial charge in [0.25, 0.3) is 5.91 Å². The third-order valence-corrected chi connectivity index (χ3v) is 7.70. The minimum absolute atomic E-state index is 0.0475. The van der Waals surface area contributed by atoms with Crippen molar-refractivity contribution in [3.8, 4) is 5.75 Å². The summed E-state index contributed by atoms with van der Waals surface area (Å²) < 4.78 is 5.24. The molecule has 2 aliphatic rings. The van der Waals surface area contributed by atoms with Crippen molar-refractivity contribution < 1.29 is 19.1 Å². The fraction of sp³-hybridized carbons (Fsp3) is 0.516. The monoisotopic (exact) mass is 534 g/mol. The van der Waals surface area contributed by atoms with Gasteiger partial charge in [-0.2, -0.15) is 0 Å². The van der Waals surface area contributed by atoms with Crippen LogP contribution in [-0.4, -0.2) is 66.5 Å². The number of hydrogen-bond acceptors (Lipinski definition) is 5. The molecular weight excluding hydrogens is 492 g/mol. The molecule has 8 nitrogen and oxygen atoms in total. The molecule has 2 heterocycles. The highest BCUT2D eigenvalue weighted by molar-refractivity contribution is 5.99. The van der Waals surface area contributed by atoms with Crippen molar-refractivity contribution in [2.75, 3.05) is 43.6 Å². The van der Waals surface area contributed by atoms with Crippen molar-refractivity contribution in [3.63, 3.8) is 0 Å². The summed E-state index contributed by atoms with van der Waals surface area (Å²) >= 11 is 0. The van der Waals surface area contributed by atoms with Crippen LogP contribution in [0.2, 0.25) is 0 Å². The highest BCUT2D eigenvalue weighted by Crippen LogP contribution is 2.40. The normalized spacial score (nSPS) is 17.9. The molecule has 210 valence electrons. The summed E-state index contributed by atoms with van der Waals surface area (Å²) in [6.45, 7) is 10.1. The van der Waals surface area contributed by atoms with Gasteiger partial charge in [0, 0.05) is 37.0 Å². The van der Waals surface area contributed by atoms with Gasteiger partial charge in [-0.05, 0) is 54.9 Å². The van der Waals surface area contributed by atoms with Crippen LogP contribution in [0.15, 0.2) is 54.6 Å². The average Bonchev–Trinajstić information content (AvgIpc) is 3.14. The number of hydrogen-bond donors (Lipinski definition) is 1. The van der Waals surface area contributed by atoms with Crippen LogP contribution in [0, 0.1) is 11.3 Å². The molecule has 2 fully saturated rings. The number of amides is 3. The van der Waals surface area contributed by atoms with Gasteiger partial charge >= 0.3 is 0 Å². The quantitative estimate of drug-likeness (QED) is 0.528. The number of piperidine rings is 1. The molecule has 3 amide bonds. The molecule has 8 heteroatoms. The molecule has 0 unspecified atom stereocenters. The molecule has 4 rings (SSSR count). The first-order chi connectivity index (χ1) is 18.5. The molecule has 39 heavy (non-hydrogen) atoms. The molecule has 0 aliphatic carbocycles. The van der Waals surface area contributed by atoms with E-state index in [1.807, 2.05) is 41.3 Å². The Labute approximate surface area is 232 Å². The number of anilines is 2. The number of para-hydroxylation sites is 1. The highest BCUT2D eigenvalue weighted by Gasteiger charge is 2.54. The Morgan fingerprint density at radius 2 is 1.74 bits per heavy atom. The Balaban J connectivity index is 1.46. The van der Waals surface area contributed by atoms with Crippen LogP contribution in [0.5, 0.6) is 5.75 Å². The number of rotatable bonds is 8. The van der Waals surface area contributed by atoms with E-state index in [-0.39, 0.29) is 29.7 Å². The summed E-state index contributed by atoms with van der Waals surface area (Å²) in [5, 5.41) is 2.88. The van der Waals surface area contributed by atoms with Crippen LogP contribution < -0.4 is 15.0 Å². The fourth-order valence-corrected chi connectivity index (χ4v) is 6.07. The second kappa shape index (κ2) is 11.7. The third kappa shape index (κ3) is 6.72. The van der Waals surface area contributed by atoms with Crippen molar-refractivity contribution >= 4 is 29.1 Å². The standard InChI is InChI=1S/C31H42N4O4/c1-23(20-30(2,3)4)18-28(37)33-16-14-31(15-17-33)29(38)34(22-35(31)25-11-7-6-8-12-25)21-27(36)32-24-10-9-13-26(19-24)39-5/h6-13,19,23H,14-18,20-22H2,1-5H3,(H,32,36)/t23-/m0/s1. The van der Waals surface area contributed by atoms with E-state index in [9.17, 15) is 14.4 Å². The molecule has 0 bridgehead atoms. The van der Waals surface area contributed by atoms with E-state index in [4.69, 9.17) is 4.74 Å². The Morgan fingerprint density at radius 1 is 1.05 bits per heavy atom. The van der Waals surface area contributed by atoms with Crippen LogP contribution in [-0.2, 0) is 14.4 Å². The van der Waals surface area contributed by atoms with Gasteiger partial charge in [0.15, 0.2) is 0 Å². The molecule has 1 spiro atoms. The van der Waals surface area contributed by atoms with Crippen molar-refractivity contribution in [2.24, 2.45) is 11.3 Å². The Bertz CT molecular complexity index is 1170. The first-order valence-electron chi connectivity index (χ1n) is 13.8. The number of nitrogens with one attached hydrogen (secondary N) is 1. The predicted octanol–water partition coefficient (Wildman–Crippen LogP) is 4.76. The van der Waals surface area contributed by atoms with Crippen LogP contribution in [0.25, 0.3) is 0 Å². The van der Waals surface area contributed by atoms with Gasteiger partial charge in [-0.1, -0.05) is 52.0 Å². The van der Waals surface area contributed by atoms with Gasteiger partial charge in [-0.25, -0.2) is 0 Å². The number of nitrogens with zero attached hydrogens (tertiary/aromatic N) is 3. The zero-order chi connectivity index (χ0) is 28.2. The van der Waals surface area contributed by atoms with Crippen molar-refractivity contribution in [3.05, 3.63) is 54.6 Å². The molecule has 1 N–H and O–H groups in total. The summed E-state index contributed by atoms with van der Waals surface area (Å²) in [5.41, 5.74) is 0.972. The lowest BCUT2D eigenvalue weighted by molar-refractivity contribution is -0.139. The maximum Gasteiger partial charge on any atom is 0.250 e. The molecule has 2 saturated heterocycles. The van der Waals surface area contributed by atoms with E-state index in [0.717, 1.165) is 12.1 Å². The molecule has 1 atom stereocenters. The Hall–Kier alpha value is -3.55. The van der Waals surface area contributed by atoms with E-state index in [2.05, 4.69) is 37.9 Å². The van der Waals surface area contributed by atoms with Gasteiger partial charge in [0.1, 0.15) is 17.8 Å². The van der Waals surface area contributed by atoms with Gasteiger partial charge in [0.05, 0.1) is 13.8 Å². The minimum Gasteiger partial charge on any atom is -0.497 e. The van der Waals surface area contributed by atoms with E-state index in [1.165, 1.54) is 0 Å². The summed E-state index contributed by atoms with van der Waals surface area (Å²) in [6, 6.07) is 17.0. The summed E-state index contributed by atoms with van der Waals surface area (Å²) in [7, 11) is 1.58. The molecular formula is C31H42N4O4. The van der Waals surface area contributed by atoms with E-state index in [0.29, 0.717) is 56.4 Å². The predicted molar refractivity (Wildman–Crippen MR) is 154 cm³/mol. The summed E-state index contributed by atoms with van der Waals surface area (Å²) in [4.78, 5) is 45.7. The third-order valence-electron chi connectivity index (χ3n) is 7.70. The smallest absolute Gasteiger partial charge is 0.250 e. The lowest BCUT2D eigenvalue weighted by Crippen LogP contribution is -2.57. The van der Waals surface area contributed by atoms with Crippen LogP contribution >= 0.6 is 0 Å². The molecule has 2 aromatic rings. The van der Waals surface area contributed by atoms with Crippen LogP contribution in [0.4, 0.5) is 11.4 Å². The zero-order valence-electron chi connectivity index (χ0n) is 23.9. The first kappa shape index (κ1) is 28.5. The molecule has 0 saturated carbocycles. The maximum absolute atomic E-state index is 13.9. The Morgan fingerprint density at radius 3 is 2.38 bits per heavy atom. The molecule has 0 aromatic heterocycles. The lowest BCUT2D eigenvalue weighted by atomic mass is 9.83. The molecule has 0 radical (unpaired) electrons. The number of likely N-dealkylation sites (tertiary alicyclic amines) is 1. The average molecular weight is 535 g/mol. The zero-order valence-corrected chi connectivity index (χ0v) is 23.9. The van der Waals surface area contributed by atoms with Gasteiger partial charge in [-0.3, -0.25) is 14.4 Å². The number of benzene rings is 2. The summed E-state index contributed by atoms with van der Waals surface area (Å²) in [6.07, 6.45) is 2.59. The lowest BCUT2D eigenvalue weighted by Gasteiger charge is -2.43. The highest BCUT2D eigenvalue weighted by atomic mass is 16.5. The van der Waals surface area contributed by atoms with Gasteiger partial charge < -0.3 is 24.8 Å². The number of carbonyl (C=O) groups excluding carboxylic acids is 3. The molecule has 2 aliphatic heterocycles. The van der Waals surface area contributed by atoms with Gasteiger partial charge in [0.2, 0.25) is 11.8 Å². The van der Waals surface area contributed by atoms with E-state index < -0.39 is 5.54 Å². The van der Waals surface area contributed by atoms with Crippen LogP contribution in [0.1, 0.15) is 53.4 Å². The summed E-state index contributed by atoms with van der Waals surface area (Å²) in [5.74, 6) is 0.796. The fourth-order valence-electron chi connectivity index (χ4n) is 6.07. The first-order valence-corrected chi connectivity index (χ1v) is 13.8. The number of carbonyl (C=O) groups is 3. The minimum atomic E-state index is -0.772. The SMILES string of the molecule is COc1cccc(NC(=O)CN2CN(c3ccccc3)C3(CCN(C(=O)C[C@H](C)CC(C)(C)C)CC3)C2=O)c1. The largest absolute Gasteiger partial charge is 0.497 e. The second-order valence-corrected chi connectivity index (χ2v) is 12.2. The van der Waals surface area contributed by atoms with E-state index >= 15 is 0 Å². The maximum atomic E-state index is 13.9. The number of ether oxygens (including phenoxy) is 1. The number of methoxy groups -OCH3 is 1. The van der Waals surface area contributed by atoms with E-state index in [1.54, 1.807) is 30.2 Å². The molecule has 2 aromatic carbocycles. The van der Waals surface area contributed by atoms with Crippen molar-refractivity contribution in [2.45, 2.75) is 58.9 Å². The van der Waals surface area contributed by atoms with Gasteiger partial charge in [-0.15, -0.1) is 0 Å². The van der Waals surface area contributed by atoms with Crippen molar-refractivity contribution in [1.29, 1.82) is 0 Å². The Kier molecular flexibility index (Phi) is 8.52. The van der Waals surface area contributed by atoms with Crippen molar-refractivity contribution in [1.82, 2.24) is 9.80 Å². The second-order valence-electron chi connectivity index (χ2n) is 12.2.